The number of thiazole rings is 2. The standard InChI is InChI=1S/C20H14N2S2/c1-2-4-15-11-13(5-7-14(15)3-1)6-10-18-22-16-8-9-17-19(20(16)24-18)21-12-23-17/h1-5,7-9,11-12H,6,10H2. The van der Waals surface area contributed by atoms with Crippen molar-refractivity contribution in [1.82, 2.24) is 9.97 Å². The largest absolute Gasteiger partial charge is 0.243 e. The first kappa shape index (κ1) is 14.1. The number of rotatable bonds is 3. The van der Waals surface area contributed by atoms with E-state index in [1.807, 2.05) is 5.51 Å². The molecule has 2 aromatic heterocycles. The van der Waals surface area contributed by atoms with Gasteiger partial charge in [-0.15, -0.1) is 22.7 Å². The van der Waals surface area contributed by atoms with Crippen LogP contribution in [0.3, 0.4) is 0 Å². The highest BCUT2D eigenvalue weighted by molar-refractivity contribution is 7.21. The van der Waals surface area contributed by atoms with Crippen molar-refractivity contribution in [1.29, 1.82) is 0 Å². The van der Waals surface area contributed by atoms with Crippen molar-refractivity contribution in [2.75, 3.05) is 0 Å². The molecule has 5 aromatic rings. The Hall–Kier alpha value is -2.30. The molecule has 0 aliphatic rings. The zero-order chi connectivity index (χ0) is 15.9. The molecule has 0 saturated heterocycles. The first-order chi connectivity index (χ1) is 11.9. The second kappa shape index (κ2) is 5.65. The van der Waals surface area contributed by atoms with Crippen LogP contribution < -0.4 is 0 Å². The van der Waals surface area contributed by atoms with Crippen LogP contribution in [-0.4, -0.2) is 9.97 Å². The van der Waals surface area contributed by atoms with Crippen LogP contribution in [0.1, 0.15) is 10.6 Å². The number of benzene rings is 3. The molecule has 4 heteroatoms. The maximum absolute atomic E-state index is 4.80. The monoisotopic (exact) mass is 346 g/mol. The molecule has 0 aliphatic carbocycles. The van der Waals surface area contributed by atoms with Crippen molar-refractivity contribution in [3.8, 4) is 0 Å². The highest BCUT2D eigenvalue weighted by Crippen LogP contribution is 2.31. The number of fused-ring (bicyclic) bond motifs is 4. The Morgan fingerprint density at radius 3 is 2.75 bits per heavy atom. The van der Waals surface area contributed by atoms with Gasteiger partial charge in [0.05, 0.1) is 25.4 Å². The molecule has 0 radical (unpaired) electrons. The topological polar surface area (TPSA) is 25.8 Å². The first-order valence-electron chi connectivity index (χ1n) is 7.96. The average molecular weight is 346 g/mol. The van der Waals surface area contributed by atoms with E-state index in [0.717, 1.165) is 23.9 Å². The van der Waals surface area contributed by atoms with E-state index in [4.69, 9.17) is 4.98 Å². The molecule has 0 N–H and O–H groups in total. The molecule has 0 atom stereocenters. The van der Waals surface area contributed by atoms with E-state index in [-0.39, 0.29) is 0 Å². The van der Waals surface area contributed by atoms with Gasteiger partial charge in [0.2, 0.25) is 0 Å². The lowest BCUT2D eigenvalue weighted by molar-refractivity contribution is 0.951. The van der Waals surface area contributed by atoms with Gasteiger partial charge in [0.25, 0.3) is 0 Å². The second-order valence-corrected chi connectivity index (χ2v) is 7.87. The van der Waals surface area contributed by atoms with Gasteiger partial charge in [0.15, 0.2) is 0 Å². The number of aryl methyl sites for hydroxylation is 2. The highest BCUT2D eigenvalue weighted by Gasteiger charge is 2.09. The fourth-order valence-corrected chi connectivity index (χ4v) is 4.92. The summed E-state index contributed by atoms with van der Waals surface area (Å²) in [6, 6.07) is 19.5. The summed E-state index contributed by atoms with van der Waals surface area (Å²) < 4.78 is 2.47. The fourth-order valence-electron chi connectivity index (χ4n) is 3.11. The van der Waals surface area contributed by atoms with Crippen LogP contribution in [0.5, 0.6) is 0 Å². The lowest BCUT2D eigenvalue weighted by Crippen LogP contribution is -1.90. The summed E-state index contributed by atoms with van der Waals surface area (Å²) in [5.74, 6) is 0. The molecule has 0 aliphatic heterocycles. The summed E-state index contributed by atoms with van der Waals surface area (Å²) in [7, 11) is 0. The van der Waals surface area contributed by atoms with Gasteiger partial charge < -0.3 is 0 Å². The third kappa shape index (κ3) is 2.39. The number of nitrogens with zero attached hydrogens (tertiary/aromatic N) is 2. The van der Waals surface area contributed by atoms with Crippen molar-refractivity contribution in [3.05, 3.63) is 70.7 Å². The van der Waals surface area contributed by atoms with Crippen LogP contribution in [0.25, 0.3) is 31.2 Å². The maximum Gasteiger partial charge on any atom is 0.101 e. The Bertz CT molecular complexity index is 1170. The smallest absolute Gasteiger partial charge is 0.101 e. The van der Waals surface area contributed by atoms with E-state index in [1.165, 1.54) is 30.7 Å². The SMILES string of the molecule is c1ccc2cc(CCc3nc4ccc5scnc5c4s3)ccc2c1. The average Bonchev–Trinajstić information content (AvgIpc) is 3.25. The maximum atomic E-state index is 4.80. The quantitative estimate of drug-likeness (QED) is 0.410. The summed E-state index contributed by atoms with van der Waals surface area (Å²) in [6.07, 6.45) is 1.99. The predicted octanol–water partition coefficient (Wildman–Crippen LogP) is 5.84. The molecule has 5 rings (SSSR count). The third-order valence-corrected chi connectivity index (χ3v) is 6.27. The van der Waals surface area contributed by atoms with Crippen LogP contribution in [0, 0.1) is 0 Å². The van der Waals surface area contributed by atoms with E-state index in [2.05, 4.69) is 59.6 Å². The number of aromatic nitrogens is 2. The van der Waals surface area contributed by atoms with Gasteiger partial charge in [-0.25, -0.2) is 9.97 Å². The summed E-state index contributed by atoms with van der Waals surface area (Å²) in [5.41, 5.74) is 5.46. The van der Waals surface area contributed by atoms with Gasteiger partial charge in [0, 0.05) is 6.42 Å². The lowest BCUT2D eigenvalue weighted by Gasteiger charge is -2.02. The minimum Gasteiger partial charge on any atom is -0.243 e. The minimum absolute atomic E-state index is 0.976. The van der Waals surface area contributed by atoms with Crippen molar-refractivity contribution >= 4 is 53.9 Å². The van der Waals surface area contributed by atoms with Crippen molar-refractivity contribution < 1.29 is 0 Å². The summed E-state index contributed by atoms with van der Waals surface area (Å²) >= 11 is 3.48. The third-order valence-electron chi connectivity index (χ3n) is 4.34. The van der Waals surface area contributed by atoms with E-state index < -0.39 is 0 Å². The van der Waals surface area contributed by atoms with Gasteiger partial charge in [0.1, 0.15) is 5.52 Å². The summed E-state index contributed by atoms with van der Waals surface area (Å²) in [6.45, 7) is 0. The molecule has 116 valence electrons. The van der Waals surface area contributed by atoms with Crippen molar-refractivity contribution in [3.63, 3.8) is 0 Å². The molecule has 2 heterocycles. The molecular weight excluding hydrogens is 332 g/mol. The van der Waals surface area contributed by atoms with Crippen LogP contribution in [0.2, 0.25) is 0 Å². The zero-order valence-corrected chi connectivity index (χ0v) is 14.5. The Morgan fingerprint density at radius 1 is 0.875 bits per heavy atom. The normalized spacial score (nSPS) is 11.7. The molecule has 0 bridgehead atoms. The fraction of sp³-hybridized carbons (Fsp3) is 0.100. The van der Waals surface area contributed by atoms with Gasteiger partial charge in [-0.1, -0.05) is 42.5 Å². The number of hydrogen-bond donors (Lipinski definition) is 0. The van der Waals surface area contributed by atoms with Crippen LogP contribution >= 0.6 is 22.7 Å². The van der Waals surface area contributed by atoms with Crippen molar-refractivity contribution in [2.45, 2.75) is 12.8 Å². The van der Waals surface area contributed by atoms with E-state index in [1.54, 1.807) is 22.7 Å². The van der Waals surface area contributed by atoms with Gasteiger partial charge in [-0.05, 0) is 34.9 Å². The van der Waals surface area contributed by atoms with E-state index in [9.17, 15) is 0 Å². The lowest BCUT2D eigenvalue weighted by atomic mass is 10.0. The van der Waals surface area contributed by atoms with Gasteiger partial charge in [-0.2, -0.15) is 0 Å². The van der Waals surface area contributed by atoms with Crippen LogP contribution in [0.4, 0.5) is 0 Å². The molecule has 2 nitrogen and oxygen atoms in total. The molecule has 3 aromatic carbocycles. The molecule has 0 fully saturated rings. The zero-order valence-electron chi connectivity index (χ0n) is 12.9. The van der Waals surface area contributed by atoms with Crippen LogP contribution in [-0.2, 0) is 12.8 Å². The Labute approximate surface area is 147 Å². The molecule has 0 saturated carbocycles. The van der Waals surface area contributed by atoms with Crippen molar-refractivity contribution in [2.24, 2.45) is 0 Å². The summed E-state index contributed by atoms with van der Waals surface area (Å²) in [5, 5.41) is 3.80. The minimum atomic E-state index is 0.976. The molecule has 0 unspecified atom stereocenters. The van der Waals surface area contributed by atoms with E-state index >= 15 is 0 Å². The second-order valence-electron chi connectivity index (χ2n) is 5.90. The predicted molar refractivity (Wildman–Crippen MR) is 104 cm³/mol. The van der Waals surface area contributed by atoms with Gasteiger partial charge in [-0.3, -0.25) is 0 Å². The highest BCUT2D eigenvalue weighted by atomic mass is 32.1. The first-order valence-corrected chi connectivity index (χ1v) is 9.66. The molecule has 0 amide bonds. The molecule has 24 heavy (non-hydrogen) atoms. The Kier molecular flexibility index (Phi) is 3.32. The van der Waals surface area contributed by atoms with E-state index in [0.29, 0.717) is 0 Å². The Balaban J connectivity index is 1.45. The summed E-state index contributed by atoms with van der Waals surface area (Å²) in [4.78, 5) is 9.30. The van der Waals surface area contributed by atoms with Crippen LogP contribution in [0.15, 0.2) is 60.1 Å². The van der Waals surface area contributed by atoms with Gasteiger partial charge >= 0.3 is 0 Å². The Morgan fingerprint density at radius 2 is 1.79 bits per heavy atom. The molecule has 0 spiro atoms. The number of hydrogen-bond acceptors (Lipinski definition) is 4. The molecular formula is C20H14N2S2.